The third-order valence-electron chi connectivity index (χ3n) is 4.00. The Morgan fingerprint density at radius 3 is 1.60 bits per heavy atom. The molecular weight excluding hydrogens is 264 g/mol. The number of carbonyl (C=O) groups is 2. The summed E-state index contributed by atoms with van der Waals surface area (Å²) in [6.45, 7) is 1.91. The van der Waals surface area contributed by atoms with Crippen LogP contribution in [0.15, 0.2) is 0 Å². The second-order valence-electron chi connectivity index (χ2n) is 5.67. The number of esters is 2. The molecule has 6 heteroatoms. The van der Waals surface area contributed by atoms with Crippen molar-refractivity contribution in [1.29, 1.82) is 0 Å². The zero-order valence-corrected chi connectivity index (χ0v) is 11.4. The lowest BCUT2D eigenvalue weighted by atomic mass is 9.79. The maximum Gasteiger partial charge on any atom is 0.309 e. The van der Waals surface area contributed by atoms with E-state index in [1.165, 1.54) is 0 Å². The Balaban J connectivity index is 1.50. The average Bonchev–Trinajstić information content (AvgIpc) is 3.36. The van der Waals surface area contributed by atoms with Crippen LogP contribution in [0.2, 0.25) is 0 Å². The lowest BCUT2D eigenvalue weighted by Crippen LogP contribution is -2.35. The van der Waals surface area contributed by atoms with Crippen molar-refractivity contribution in [3.8, 4) is 0 Å². The fourth-order valence-electron chi connectivity index (χ4n) is 2.59. The summed E-state index contributed by atoms with van der Waals surface area (Å²) in [5, 5.41) is 0. The first-order chi connectivity index (χ1) is 9.74. The van der Waals surface area contributed by atoms with Gasteiger partial charge in [0.15, 0.2) is 0 Å². The molecule has 20 heavy (non-hydrogen) atoms. The Morgan fingerprint density at radius 1 is 0.850 bits per heavy atom. The van der Waals surface area contributed by atoms with Crippen molar-refractivity contribution in [2.75, 3.05) is 26.4 Å². The third-order valence-corrected chi connectivity index (χ3v) is 4.00. The molecule has 4 atom stereocenters. The van der Waals surface area contributed by atoms with Gasteiger partial charge in [-0.3, -0.25) is 9.59 Å². The molecule has 0 unspecified atom stereocenters. The lowest BCUT2D eigenvalue weighted by Gasteiger charge is -2.28. The van der Waals surface area contributed by atoms with Crippen molar-refractivity contribution in [3.05, 3.63) is 0 Å². The van der Waals surface area contributed by atoms with Crippen molar-refractivity contribution in [2.45, 2.75) is 37.9 Å². The van der Waals surface area contributed by atoms with E-state index >= 15 is 0 Å². The van der Waals surface area contributed by atoms with E-state index in [-0.39, 0.29) is 36.0 Å². The highest BCUT2D eigenvalue weighted by atomic mass is 16.6. The Hall–Kier alpha value is -1.14. The van der Waals surface area contributed by atoms with Gasteiger partial charge in [-0.1, -0.05) is 12.8 Å². The maximum atomic E-state index is 12.1. The van der Waals surface area contributed by atoms with Crippen LogP contribution in [0, 0.1) is 11.8 Å². The minimum Gasteiger partial charge on any atom is -0.463 e. The lowest BCUT2D eigenvalue weighted by molar-refractivity contribution is -0.163. The first kappa shape index (κ1) is 13.8. The van der Waals surface area contributed by atoms with Gasteiger partial charge < -0.3 is 18.9 Å². The van der Waals surface area contributed by atoms with Crippen LogP contribution in [0.4, 0.5) is 0 Å². The zero-order valence-electron chi connectivity index (χ0n) is 11.4. The molecule has 3 aliphatic rings. The molecule has 0 bridgehead atoms. The van der Waals surface area contributed by atoms with Crippen LogP contribution in [-0.4, -0.2) is 50.6 Å². The Bertz CT molecular complexity index is 338. The van der Waals surface area contributed by atoms with E-state index in [2.05, 4.69) is 0 Å². The third kappa shape index (κ3) is 3.70. The van der Waals surface area contributed by atoms with E-state index in [0.717, 1.165) is 12.8 Å². The van der Waals surface area contributed by atoms with Crippen molar-refractivity contribution < 1.29 is 28.5 Å². The van der Waals surface area contributed by atoms with E-state index < -0.39 is 0 Å². The largest absolute Gasteiger partial charge is 0.463 e. The van der Waals surface area contributed by atoms with E-state index in [1.807, 2.05) is 0 Å². The highest BCUT2D eigenvalue weighted by Gasteiger charge is 2.39. The fourth-order valence-corrected chi connectivity index (χ4v) is 2.59. The molecule has 2 heterocycles. The molecule has 2 saturated heterocycles. The molecule has 1 aliphatic carbocycles. The molecule has 3 fully saturated rings. The van der Waals surface area contributed by atoms with E-state index in [1.54, 1.807) is 0 Å². The van der Waals surface area contributed by atoms with Crippen molar-refractivity contribution >= 4 is 11.9 Å². The van der Waals surface area contributed by atoms with Gasteiger partial charge in [-0.05, 0) is 12.8 Å². The van der Waals surface area contributed by atoms with Gasteiger partial charge in [-0.25, -0.2) is 0 Å². The molecule has 0 aromatic rings. The molecular formula is C14H20O6. The summed E-state index contributed by atoms with van der Waals surface area (Å²) in [5.74, 6) is -1.31. The van der Waals surface area contributed by atoms with Gasteiger partial charge in [0, 0.05) is 0 Å². The summed E-state index contributed by atoms with van der Waals surface area (Å²) in [5.41, 5.74) is 0. The van der Waals surface area contributed by atoms with E-state index in [4.69, 9.17) is 18.9 Å². The van der Waals surface area contributed by atoms with Crippen LogP contribution in [-0.2, 0) is 28.5 Å². The summed E-state index contributed by atoms with van der Waals surface area (Å²) in [4.78, 5) is 24.2. The summed E-state index contributed by atoms with van der Waals surface area (Å²) in [7, 11) is 0. The number of ether oxygens (including phenoxy) is 4. The Labute approximate surface area is 117 Å². The van der Waals surface area contributed by atoms with Crippen LogP contribution < -0.4 is 0 Å². The second-order valence-corrected chi connectivity index (χ2v) is 5.67. The van der Waals surface area contributed by atoms with Gasteiger partial charge in [0.1, 0.15) is 25.4 Å². The van der Waals surface area contributed by atoms with E-state index in [0.29, 0.717) is 39.3 Å². The van der Waals surface area contributed by atoms with Crippen LogP contribution in [0.25, 0.3) is 0 Å². The normalized spacial score (nSPS) is 35.2. The molecule has 0 spiro atoms. The van der Waals surface area contributed by atoms with Crippen LogP contribution in [0.3, 0.4) is 0 Å². The molecule has 0 aromatic heterocycles. The Kier molecular flexibility index (Phi) is 4.21. The summed E-state index contributed by atoms with van der Waals surface area (Å²) in [6, 6.07) is 0. The predicted molar refractivity (Wildman–Crippen MR) is 66.8 cm³/mol. The quantitative estimate of drug-likeness (QED) is 0.527. The monoisotopic (exact) mass is 284 g/mol. The number of carbonyl (C=O) groups excluding carboxylic acids is 2. The molecule has 1 saturated carbocycles. The fraction of sp³-hybridized carbons (Fsp3) is 0.857. The first-order valence-corrected chi connectivity index (χ1v) is 7.30. The number of rotatable bonds is 6. The molecule has 0 N–H and O–H groups in total. The molecule has 2 aliphatic heterocycles. The van der Waals surface area contributed by atoms with Crippen LogP contribution >= 0.6 is 0 Å². The summed E-state index contributed by atoms with van der Waals surface area (Å²) < 4.78 is 20.5. The molecule has 6 nitrogen and oxygen atoms in total. The van der Waals surface area contributed by atoms with Crippen molar-refractivity contribution in [1.82, 2.24) is 0 Å². The van der Waals surface area contributed by atoms with Crippen LogP contribution in [0.5, 0.6) is 0 Å². The van der Waals surface area contributed by atoms with Crippen molar-refractivity contribution in [2.24, 2.45) is 11.8 Å². The van der Waals surface area contributed by atoms with E-state index in [9.17, 15) is 9.59 Å². The van der Waals surface area contributed by atoms with Gasteiger partial charge in [0.2, 0.25) is 0 Å². The highest BCUT2D eigenvalue weighted by Crippen LogP contribution is 2.32. The predicted octanol–water partition coefficient (Wildman–Crippen LogP) is 0.677. The average molecular weight is 284 g/mol. The number of epoxide rings is 2. The SMILES string of the molecule is O=C(OC[C@H]1CO1)[C@H]1CCCC[C@H]1C(=O)OC[C@H]1CO1. The van der Waals surface area contributed by atoms with Gasteiger partial charge >= 0.3 is 11.9 Å². The first-order valence-electron chi connectivity index (χ1n) is 7.30. The molecule has 0 aromatic carbocycles. The van der Waals surface area contributed by atoms with Gasteiger partial charge in [-0.2, -0.15) is 0 Å². The second kappa shape index (κ2) is 6.10. The topological polar surface area (TPSA) is 77.7 Å². The summed E-state index contributed by atoms with van der Waals surface area (Å²) >= 11 is 0. The van der Waals surface area contributed by atoms with Gasteiger partial charge in [0.25, 0.3) is 0 Å². The molecule has 112 valence electrons. The van der Waals surface area contributed by atoms with Crippen LogP contribution in [0.1, 0.15) is 25.7 Å². The van der Waals surface area contributed by atoms with Gasteiger partial charge in [0.05, 0.1) is 25.0 Å². The zero-order chi connectivity index (χ0) is 13.9. The molecule has 0 radical (unpaired) electrons. The smallest absolute Gasteiger partial charge is 0.309 e. The minimum atomic E-state index is -0.366. The highest BCUT2D eigenvalue weighted by molar-refractivity contribution is 5.82. The van der Waals surface area contributed by atoms with Gasteiger partial charge in [-0.15, -0.1) is 0 Å². The number of hydrogen-bond acceptors (Lipinski definition) is 6. The Morgan fingerprint density at radius 2 is 1.25 bits per heavy atom. The maximum absolute atomic E-state index is 12.1. The molecule has 0 amide bonds. The molecule has 3 rings (SSSR count). The van der Waals surface area contributed by atoms with Crippen molar-refractivity contribution in [3.63, 3.8) is 0 Å². The minimum absolute atomic E-state index is 0.0555. The standard InChI is InChI=1S/C14H20O6/c15-13(19-7-9-5-17-9)11-3-1-2-4-12(11)14(16)20-8-10-6-18-10/h9-12H,1-8H2/t9-,10-,11-,12+/m1/s1. The number of hydrogen-bond donors (Lipinski definition) is 0. The summed E-state index contributed by atoms with van der Waals surface area (Å²) in [6.07, 6.45) is 3.42.